The number of carbonyl (C=O) groups excluding carboxylic acids is 1. The number of ketones is 1. The second kappa shape index (κ2) is 3.53. The summed E-state index contributed by atoms with van der Waals surface area (Å²) >= 11 is 0. The average molecular weight is 194 g/mol. The second-order valence-electron chi connectivity index (χ2n) is 3.00. The summed E-state index contributed by atoms with van der Waals surface area (Å²) in [5, 5.41) is 0. The summed E-state index contributed by atoms with van der Waals surface area (Å²) in [5.41, 5.74) is -1.24. The maximum absolute atomic E-state index is 10.9. The van der Waals surface area contributed by atoms with Gasteiger partial charge < -0.3 is 0 Å². The van der Waals surface area contributed by atoms with Crippen molar-refractivity contribution >= 4 is 15.9 Å². The quantitative estimate of drug-likeness (QED) is 0.619. The van der Waals surface area contributed by atoms with Gasteiger partial charge in [-0.3, -0.25) is 8.98 Å². The summed E-state index contributed by atoms with van der Waals surface area (Å²) in [7, 11) is -3.54. The van der Waals surface area contributed by atoms with Gasteiger partial charge in [0.2, 0.25) is 0 Å². The first kappa shape index (κ1) is 11.6. The van der Waals surface area contributed by atoms with Gasteiger partial charge in [-0.1, -0.05) is 0 Å². The van der Waals surface area contributed by atoms with Crippen LogP contribution in [0.5, 0.6) is 0 Å². The first-order valence-electron chi connectivity index (χ1n) is 3.65. The van der Waals surface area contributed by atoms with Gasteiger partial charge in [-0.05, 0) is 27.7 Å². The molecule has 0 N–H and O–H groups in total. The van der Waals surface area contributed by atoms with Crippen LogP contribution in [-0.2, 0) is 19.1 Å². The molecule has 0 bridgehead atoms. The lowest BCUT2D eigenvalue weighted by Gasteiger charge is -2.20. The Balaban J connectivity index is 4.57. The number of hydrogen-bond donors (Lipinski definition) is 0. The Morgan fingerprint density at radius 2 is 1.83 bits per heavy atom. The van der Waals surface area contributed by atoms with Crippen molar-refractivity contribution in [2.75, 3.05) is 5.75 Å². The molecular formula is C7H14O4S. The maximum atomic E-state index is 10.9. The van der Waals surface area contributed by atoms with E-state index in [0.29, 0.717) is 0 Å². The molecule has 0 rings (SSSR count). The van der Waals surface area contributed by atoms with Gasteiger partial charge in [0.15, 0.2) is 5.78 Å². The van der Waals surface area contributed by atoms with Crippen molar-refractivity contribution in [3.05, 3.63) is 0 Å². The zero-order chi connectivity index (χ0) is 9.99. The van der Waals surface area contributed by atoms with Gasteiger partial charge in [-0.15, -0.1) is 0 Å². The molecule has 12 heavy (non-hydrogen) atoms. The third-order valence-corrected chi connectivity index (χ3v) is 2.91. The molecule has 0 aromatic heterocycles. The minimum absolute atomic E-state index is 0.121. The lowest BCUT2D eigenvalue weighted by Crippen LogP contribution is -2.35. The highest BCUT2D eigenvalue weighted by molar-refractivity contribution is 7.86. The average Bonchev–Trinajstić information content (AvgIpc) is 1.85. The summed E-state index contributed by atoms with van der Waals surface area (Å²) in [4.78, 5) is 10.9. The standard InChI is InChI=1S/C7H14O4S/c1-5-12(9,10)11-7(3,4)6(2)8/h5H2,1-4H3. The molecule has 72 valence electrons. The lowest BCUT2D eigenvalue weighted by atomic mass is 10.1. The van der Waals surface area contributed by atoms with Crippen molar-refractivity contribution in [1.29, 1.82) is 0 Å². The molecule has 0 radical (unpaired) electrons. The van der Waals surface area contributed by atoms with E-state index >= 15 is 0 Å². The Bertz CT molecular complexity index is 263. The van der Waals surface area contributed by atoms with Crippen LogP contribution in [0.3, 0.4) is 0 Å². The van der Waals surface area contributed by atoms with Gasteiger partial charge in [0.1, 0.15) is 5.60 Å². The Morgan fingerprint density at radius 1 is 1.42 bits per heavy atom. The highest BCUT2D eigenvalue weighted by atomic mass is 32.2. The molecule has 0 atom stereocenters. The first-order valence-corrected chi connectivity index (χ1v) is 5.23. The molecule has 0 spiro atoms. The van der Waals surface area contributed by atoms with Gasteiger partial charge in [0, 0.05) is 0 Å². The van der Waals surface area contributed by atoms with Gasteiger partial charge in [-0.25, -0.2) is 0 Å². The molecule has 0 amide bonds. The molecule has 0 unspecified atom stereocenters. The van der Waals surface area contributed by atoms with E-state index in [-0.39, 0.29) is 11.5 Å². The fourth-order valence-corrected chi connectivity index (χ4v) is 1.31. The van der Waals surface area contributed by atoms with Gasteiger partial charge >= 0.3 is 0 Å². The summed E-state index contributed by atoms with van der Waals surface area (Å²) in [6, 6.07) is 0. The molecule has 0 saturated heterocycles. The number of hydrogen-bond acceptors (Lipinski definition) is 4. The van der Waals surface area contributed by atoms with Crippen LogP contribution in [0.1, 0.15) is 27.7 Å². The van der Waals surface area contributed by atoms with E-state index in [1.165, 1.54) is 27.7 Å². The third kappa shape index (κ3) is 3.32. The zero-order valence-electron chi connectivity index (χ0n) is 7.75. The van der Waals surface area contributed by atoms with Crippen LogP contribution in [0.4, 0.5) is 0 Å². The van der Waals surface area contributed by atoms with Crippen LogP contribution in [0.15, 0.2) is 0 Å². The first-order chi connectivity index (χ1) is 5.21. The van der Waals surface area contributed by atoms with Crippen LogP contribution in [0, 0.1) is 0 Å². The Labute approximate surface area is 73.0 Å². The minimum Gasteiger partial charge on any atom is -0.297 e. The summed E-state index contributed by atoms with van der Waals surface area (Å²) < 4.78 is 26.5. The van der Waals surface area contributed by atoms with Crippen molar-refractivity contribution in [3.8, 4) is 0 Å². The minimum atomic E-state index is -3.54. The van der Waals surface area contributed by atoms with Crippen LogP contribution < -0.4 is 0 Å². The molecule has 0 aliphatic heterocycles. The van der Waals surface area contributed by atoms with Crippen molar-refractivity contribution in [1.82, 2.24) is 0 Å². The monoisotopic (exact) mass is 194 g/mol. The fourth-order valence-electron chi connectivity index (χ4n) is 0.435. The number of rotatable bonds is 4. The van der Waals surface area contributed by atoms with Crippen LogP contribution >= 0.6 is 0 Å². The van der Waals surface area contributed by atoms with Gasteiger partial charge in [0.05, 0.1) is 5.75 Å². The van der Waals surface area contributed by atoms with E-state index in [2.05, 4.69) is 4.18 Å². The van der Waals surface area contributed by atoms with E-state index < -0.39 is 15.7 Å². The molecule has 0 aromatic carbocycles. The molecule has 5 heteroatoms. The van der Waals surface area contributed by atoms with Crippen molar-refractivity contribution in [2.24, 2.45) is 0 Å². The normalized spacial score (nSPS) is 13.0. The molecule has 0 heterocycles. The Hall–Kier alpha value is -0.420. The van der Waals surface area contributed by atoms with Gasteiger partial charge in [0.25, 0.3) is 10.1 Å². The molecular weight excluding hydrogens is 180 g/mol. The van der Waals surface area contributed by atoms with E-state index in [9.17, 15) is 13.2 Å². The van der Waals surface area contributed by atoms with E-state index in [4.69, 9.17) is 0 Å². The van der Waals surface area contributed by atoms with Crippen LogP contribution in [-0.4, -0.2) is 25.6 Å². The van der Waals surface area contributed by atoms with Gasteiger partial charge in [-0.2, -0.15) is 8.42 Å². The molecule has 0 aliphatic carbocycles. The Morgan fingerprint density at radius 3 is 2.08 bits per heavy atom. The molecule has 0 aromatic rings. The van der Waals surface area contributed by atoms with Crippen molar-refractivity contribution < 1.29 is 17.4 Å². The van der Waals surface area contributed by atoms with E-state index in [1.54, 1.807) is 0 Å². The predicted molar refractivity (Wildman–Crippen MR) is 45.3 cm³/mol. The van der Waals surface area contributed by atoms with Crippen molar-refractivity contribution in [3.63, 3.8) is 0 Å². The Kier molecular flexibility index (Phi) is 3.41. The molecule has 4 nitrogen and oxygen atoms in total. The topological polar surface area (TPSA) is 60.4 Å². The van der Waals surface area contributed by atoms with Crippen LogP contribution in [0.25, 0.3) is 0 Å². The predicted octanol–water partition coefficient (Wildman–Crippen LogP) is 0.720. The van der Waals surface area contributed by atoms with Crippen LogP contribution in [0.2, 0.25) is 0 Å². The maximum Gasteiger partial charge on any atom is 0.267 e. The summed E-state index contributed by atoms with van der Waals surface area (Å²) in [6.45, 7) is 5.63. The number of Topliss-reactive ketones (excluding diaryl/α,β-unsaturated/α-hetero) is 1. The summed E-state index contributed by atoms with van der Waals surface area (Å²) in [6.07, 6.45) is 0. The molecule has 0 fully saturated rings. The van der Waals surface area contributed by atoms with Crippen molar-refractivity contribution in [2.45, 2.75) is 33.3 Å². The van der Waals surface area contributed by atoms with E-state index in [0.717, 1.165) is 0 Å². The highest BCUT2D eigenvalue weighted by Gasteiger charge is 2.30. The lowest BCUT2D eigenvalue weighted by molar-refractivity contribution is -0.129. The number of carbonyl (C=O) groups is 1. The molecule has 0 saturated carbocycles. The second-order valence-corrected chi connectivity index (χ2v) is 4.86. The summed E-state index contributed by atoms with van der Waals surface area (Å²) in [5.74, 6) is -0.427. The third-order valence-electron chi connectivity index (χ3n) is 1.54. The smallest absolute Gasteiger partial charge is 0.267 e. The molecule has 0 aliphatic rings. The fraction of sp³-hybridized carbons (Fsp3) is 0.857. The zero-order valence-corrected chi connectivity index (χ0v) is 8.56. The highest BCUT2D eigenvalue weighted by Crippen LogP contribution is 2.14. The largest absolute Gasteiger partial charge is 0.297 e. The SMILES string of the molecule is CCS(=O)(=O)OC(C)(C)C(C)=O. The van der Waals surface area contributed by atoms with E-state index in [1.807, 2.05) is 0 Å².